The molecule has 148 valence electrons. The fourth-order valence-corrected chi connectivity index (χ4v) is 5.04. The normalized spacial score (nSPS) is 15.1. The first kappa shape index (κ1) is 21.9. The zero-order chi connectivity index (χ0) is 18.6. The van der Waals surface area contributed by atoms with Gasteiger partial charge in [0.1, 0.15) is 0 Å². The molecule has 0 radical (unpaired) electrons. The maximum atomic E-state index is 13.0. The molecule has 0 aliphatic carbocycles. The third-order valence-corrected chi connectivity index (χ3v) is 6.67. The summed E-state index contributed by atoms with van der Waals surface area (Å²) >= 11 is 0. The highest BCUT2D eigenvalue weighted by Crippen LogP contribution is 2.31. The average molecular weight is 409 g/mol. The van der Waals surface area contributed by atoms with Crippen molar-refractivity contribution in [2.24, 2.45) is 5.92 Å². The lowest BCUT2D eigenvalue weighted by Crippen LogP contribution is -2.28. The van der Waals surface area contributed by atoms with E-state index in [1.54, 1.807) is 16.4 Å². The van der Waals surface area contributed by atoms with Gasteiger partial charge in [0, 0.05) is 25.2 Å². The van der Waals surface area contributed by atoms with Crippen LogP contribution >= 0.6 is 12.4 Å². The lowest BCUT2D eigenvalue weighted by atomic mass is 10.0. The number of halogens is 1. The van der Waals surface area contributed by atoms with Crippen LogP contribution in [0.3, 0.4) is 0 Å². The SMILES string of the molecule is CC(C)CNCc1ccc(-c2ccccc2S(=O)(=O)N2CCCC2)cc1.Cl. The van der Waals surface area contributed by atoms with Gasteiger partial charge in [-0.2, -0.15) is 4.31 Å². The summed E-state index contributed by atoms with van der Waals surface area (Å²) in [5.41, 5.74) is 2.92. The number of sulfonamides is 1. The van der Waals surface area contributed by atoms with E-state index >= 15 is 0 Å². The summed E-state index contributed by atoms with van der Waals surface area (Å²) in [5, 5.41) is 3.43. The quantitative estimate of drug-likeness (QED) is 0.742. The molecule has 2 aromatic carbocycles. The highest BCUT2D eigenvalue weighted by atomic mass is 35.5. The van der Waals surface area contributed by atoms with Crippen molar-refractivity contribution in [3.05, 3.63) is 54.1 Å². The van der Waals surface area contributed by atoms with Gasteiger partial charge in [-0.15, -0.1) is 12.4 Å². The minimum absolute atomic E-state index is 0. The smallest absolute Gasteiger partial charge is 0.243 e. The van der Waals surface area contributed by atoms with E-state index in [2.05, 4.69) is 31.3 Å². The van der Waals surface area contributed by atoms with E-state index in [1.165, 1.54) is 5.56 Å². The number of benzene rings is 2. The molecule has 0 unspecified atom stereocenters. The molecule has 3 rings (SSSR count). The Morgan fingerprint density at radius 2 is 1.63 bits per heavy atom. The van der Waals surface area contributed by atoms with E-state index in [9.17, 15) is 8.42 Å². The average Bonchev–Trinajstić information content (AvgIpc) is 3.18. The summed E-state index contributed by atoms with van der Waals surface area (Å²) in [6.45, 7) is 7.43. The summed E-state index contributed by atoms with van der Waals surface area (Å²) in [6, 6.07) is 15.5. The van der Waals surface area contributed by atoms with Crippen molar-refractivity contribution < 1.29 is 8.42 Å². The molecule has 1 N–H and O–H groups in total. The molecule has 1 heterocycles. The van der Waals surface area contributed by atoms with Gasteiger partial charge in [-0.25, -0.2) is 8.42 Å². The fraction of sp³-hybridized carbons (Fsp3) is 0.429. The van der Waals surface area contributed by atoms with Gasteiger partial charge in [0.15, 0.2) is 0 Å². The minimum atomic E-state index is -3.43. The molecule has 0 amide bonds. The summed E-state index contributed by atoms with van der Waals surface area (Å²) in [5.74, 6) is 0.622. The van der Waals surface area contributed by atoms with Crippen LogP contribution in [0.5, 0.6) is 0 Å². The maximum absolute atomic E-state index is 13.0. The minimum Gasteiger partial charge on any atom is -0.312 e. The molecule has 1 aliphatic rings. The Balaban J connectivity index is 0.00000261. The van der Waals surface area contributed by atoms with Crippen molar-refractivity contribution in [2.45, 2.75) is 38.1 Å². The van der Waals surface area contributed by atoms with Gasteiger partial charge in [-0.05, 0) is 42.5 Å². The molecule has 2 aromatic rings. The molecule has 0 spiro atoms. The zero-order valence-corrected chi connectivity index (χ0v) is 17.7. The first-order valence-corrected chi connectivity index (χ1v) is 10.8. The summed E-state index contributed by atoms with van der Waals surface area (Å²) in [6.07, 6.45) is 1.89. The van der Waals surface area contributed by atoms with Crippen molar-refractivity contribution in [2.75, 3.05) is 19.6 Å². The second-order valence-corrected chi connectivity index (χ2v) is 9.24. The molecule has 4 nitrogen and oxygen atoms in total. The number of rotatable bonds is 7. The van der Waals surface area contributed by atoms with E-state index in [0.717, 1.165) is 37.1 Å². The van der Waals surface area contributed by atoms with Crippen LogP contribution in [0.25, 0.3) is 11.1 Å². The maximum Gasteiger partial charge on any atom is 0.243 e. The van der Waals surface area contributed by atoms with Crippen molar-refractivity contribution in [3.8, 4) is 11.1 Å². The molecule has 0 atom stereocenters. The van der Waals surface area contributed by atoms with E-state index in [4.69, 9.17) is 0 Å². The molecule has 1 saturated heterocycles. The topological polar surface area (TPSA) is 49.4 Å². The molecule has 27 heavy (non-hydrogen) atoms. The number of hydrogen-bond donors (Lipinski definition) is 1. The van der Waals surface area contributed by atoms with Crippen LogP contribution in [0.15, 0.2) is 53.4 Å². The summed E-state index contributed by atoms with van der Waals surface area (Å²) in [7, 11) is -3.43. The second kappa shape index (κ2) is 9.69. The van der Waals surface area contributed by atoms with Crippen LogP contribution in [0.1, 0.15) is 32.3 Å². The Bertz CT molecular complexity index is 830. The predicted molar refractivity (Wildman–Crippen MR) is 114 cm³/mol. The van der Waals surface area contributed by atoms with Crippen LogP contribution in [0.2, 0.25) is 0 Å². The van der Waals surface area contributed by atoms with E-state index in [-0.39, 0.29) is 12.4 Å². The van der Waals surface area contributed by atoms with Crippen LogP contribution in [0, 0.1) is 5.92 Å². The third kappa shape index (κ3) is 5.32. The van der Waals surface area contributed by atoms with Crippen LogP contribution in [-0.2, 0) is 16.6 Å². The van der Waals surface area contributed by atoms with Crippen molar-refractivity contribution in [1.29, 1.82) is 0 Å². The first-order valence-electron chi connectivity index (χ1n) is 9.37. The van der Waals surface area contributed by atoms with Crippen molar-refractivity contribution in [3.63, 3.8) is 0 Å². The molecular weight excluding hydrogens is 380 g/mol. The van der Waals surface area contributed by atoms with E-state index < -0.39 is 10.0 Å². The van der Waals surface area contributed by atoms with Gasteiger partial charge >= 0.3 is 0 Å². The molecule has 0 bridgehead atoms. The van der Waals surface area contributed by atoms with Gasteiger partial charge in [-0.1, -0.05) is 56.3 Å². The molecule has 1 fully saturated rings. The number of nitrogens with zero attached hydrogens (tertiary/aromatic N) is 1. The lowest BCUT2D eigenvalue weighted by Gasteiger charge is -2.18. The summed E-state index contributed by atoms with van der Waals surface area (Å²) < 4.78 is 27.6. The molecular formula is C21H29ClN2O2S. The van der Waals surface area contributed by atoms with Crippen LogP contribution in [0.4, 0.5) is 0 Å². The zero-order valence-electron chi connectivity index (χ0n) is 16.0. The van der Waals surface area contributed by atoms with Crippen LogP contribution < -0.4 is 5.32 Å². The van der Waals surface area contributed by atoms with Gasteiger partial charge in [0.2, 0.25) is 10.0 Å². The second-order valence-electron chi connectivity index (χ2n) is 7.33. The molecule has 0 aromatic heterocycles. The first-order chi connectivity index (χ1) is 12.5. The molecule has 0 saturated carbocycles. The standard InChI is InChI=1S/C21H28N2O2S.ClH/c1-17(2)15-22-16-18-9-11-19(12-10-18)20-7-3-4-8-21(20)26(24,25)23-13-5-6-14-23;/h3-4,7-12,17,22H,5-6,13-16H2,1-2H3;1H. The Hall–Kier alpha value is -1.40. The highest BCUT2D eigenvalue weighted by Gasteiger charge is 2.29. The van der Waals surface area contributed by atoms with Gasteiger partial charge in [0.05, 0.1) is 4.90 Å². The summed E-state index contributed by atoms with van der Waals surface area (Å²) in [4.78, 5) is 0.410. The lowest BCUT2D eigenvalue weighted by molar-refractivity contribution is 0.478. The fourth-order valence-electron chi connectivity index (χ4n) is 3.30. The van der Waals surface area contributed by atoms with Gasteiger partial charge < -0.3 is 5.32 Å². The monoisotopic (exact) mass is 408 g/mol. The van der Waals surface area contributed by atoms with Crippen LogP contribution in [-0.4, -0.2) is 32.4 Å². The molecule has 1 aliphatic heterocycles. The van der Waals surface area contributed by atoms with E-state index in [1.807, 2.05) is 24.3 Å². The van der Waals surface area contributed by atoms with Gasteiger partial charge in [0.25, 0.3) is 0 Å². The Morgan fingerprint density at radius 1 is 1.00 bits per heavy atom. The predicted octanol–water partition coefficient (Wildman–Crippen LogP) is 4.31. The largest absolute Gasteiger partial charge is 0.312 e. The van der Waals surface area contributed by atoms with Gasteiger partial charge in [-0.3, -0.25) is 0 Å². The Morgan fingerprint density at radius 3 is 2.26 bits per heavy atom. The molecule has 6 heteroatoms. The number of nitrogens with one attached hydrogen (secondary N) is 1. The highest BCUT2D eigenvalue weighted by molar-refractivity contribution is 7.89. The number of hydrogen-bond acceptors (Lipinski definition) is 3. The third-order valence-electron chi connectivity index (χ3n) is 4.72. The van der Waals surface area contributed by atoms with Crippen molar-refractivity contribution in [1.82, 2.24) is 9.62 Å². The van der Waals surface area contributed by atoms with Crippen molar-refractivity contribution >= 4 is 22.4 Å². The van der Waals surface area contributed by atoms with E-state index in [0.29, 0.717) is 23.9 Å². The Kier molecular flexibility index (Phi) is 7.86. The Labute approximate surface area is 169 Å².